The average molecular weight is 762 g/mol. The molecule has 0 spiro atoms. The third-order valence-electron chi connectivity index (χ3n) is 9.80. The van der Waals surface area contributed by atoms with Gasteiger partial charge in [0.05, 0.1) is 18.8 Å². The van der Waals surface area contributed by atoms with Crippen molar-refractivity contribution in [3.8, 4) is 0 Å². The van der Waals surface area contributed by atoms with E-state index in [1.807, 2.05) is 6.08 Å². The van der Waals surface area contributed by atoms with Crippen molar-refractivity contribution in [1.82, 2.24) is 5.32 Å². The van der Waals surface area contributed by atoms with Crippen molar-refractivity contribution in [2.24, 2.45) is 0 Å². The van der Waals surface area contributed by atoms with Crippen LogP contribution in [0.25, 0.3) is 0 Å². The minimum absolute atomic E-state index is 0.0811. The summed E-state index contributed by atoms with van der Waals surface area (Å²) in [4.78, 5) is 12.4. The first-order valence-electron chi connectivity index (χ1n) is 23.0. The Morgan fingerprint density at radius 2 is 0.818 bits per heavy atom. The Morgan fingerprint density at radius 1 is 0.455 bits per heavy atom. The van der Waals surface area contributed by atoms with Gasteiger partial charge in [0.2, 0.25) is 5.91 Å². The number of amides is 1. The molecule has 3 N–H and O–H groups in total. The van der Waals surface area contributed by atoms with Crippen LogP contribution in [-0.4, -0.2) is 34.9 Å². The normalized spacial score (nSPS) is 13.9. The van der Waals surface area contributed by atoms with Crippen molar-refractivity contribution in [3.63, 3.8) is 0 Å². The second-order valence-corrected chi connectivity index (χ2v) is 15.1. The number of allylic oxidation sites excluding steroid dienone is 15. The number of rotatable bonds is 40. The monoisotopic (exact) mass is 762 g/mol. The molecule has 0 fully saturated rings. The van der Waals surface area contributed by atoms with E-state index >= 15 is 0 Å². The van der Waals surface area contributed by atoms with Crippen molar-refractivity contribution in [2.45, 2.75) is 212 Å². The maximum absolute atomic E-state index is 12.4. The molecule has 0 aliphatic rings. The van der Waals surface area contributed by atoms with Gasteiger partial charge in [0.1, 0.15) is 0 Å². The minimum Gasteiger partial charge on any atom is -0.394 e. The lowest BCUT2D eigenvalue weighted by molar-refractivity contribution is -0.123. The summed E-state index contributed by atoms with van der Waals surface area (Å²) in [5, 5.41) is 22.9. The molecular weight excluding hydrogens is 675 g/mol. The fourth-order valence-electron chi connectivity index (χ4n) is 6.31. The lowest BCUT2D eigenvalue weighted by Crippen LogP contribution is -2.45. The van der Waals surface area contributed by atoms with Crippen LogP contribution in [0.15, 0.2) is 97.2 Å². The molecule has 0 aromatic carbocycles. The summed E-state index contributed by atoms with van der Waals surface area (Å²) < 4.78 is 0. The Morgan fingerprint density at radius 3 is 1.27 bits per heavy atom. The first kappa shape index (κ1) is 52.3. The Balaban J connectivity index is 3.54. The third kappa shape index (κ3) is 42.3. The molecule has 1 amide bonds. The lowest BCUT2D eigenvalue weighted by atomic mass is 10.0. The first-order valence-corrected chi connectivity index (χ1v) is 23.0. The van der Waals surface area contributed by atoms with Crippen molar-refractivity contribution in [2.75, 3.05) is 6.61 Å². The van der Waals surface area contributed by atoms with Gasteiger partial charge in [0.25, 0.3) is 0 Å². The predicted molar refractivity (Wildman–Crippen MR) is 243 cm³/mol. The molecule has 4 nitrogen and oxygen atoms in total. The van der Waals surface area contributed by atoms with E-state index in [2.05, 4.69) is 104 Å². The smallest absolute Gasteiger partial charge is 0.220 e. The quantitative estimate of drug-likeness (QED) is 0.0430. The molecule has 55 heavy (non-hydrogen) atoms. The molecule has 0 aromatic heterocycles. The van der Waals surface area contributed by atoms with E-state index in [-0.39, 0.29) is 12.5 Å². The number of carbonyl (C=O) groups excluding carboxylic acids is 1. The molecule has 0 aliphatic carbocycles. The van der Waals surface area contributed by atoms with Crippen LogP contribution in [0.2, 0.25) is 0 Å². The molecule has 0 saturated carbocycles. The number of hydrogen-bond donors (Lipinski definition) is 3. The standard InChI is InChI=1S/C51H87NO3/c1-3-5-7-9-11-13-15-16-17-18-19-20-21-22-23-24-25-26-27-28-29-30-31-32-33-34-35-36-37-39-41-43-45-47-51(55)52-49(48-53)50(54)46-44-42-40-38-14-12-10-8-6-4-2/h5,7,11,13-14,16-17,19-20,22-23,25-26,38,44,46,49-50,53-54H,3-4,6,8-10,12,15,18,21,24,27-37,39-43,45,47-48H2,1-2H3,(H,52,55)/b7-5-,13-11-,17-16-,20-19-,23-22-,26-25-,38-14+,46-44+. The highest BCUT2D eigenvalue weighted by molar-refractivity contribution is 5.76. The number of carbonyl (C=O) groups is 1. The Hall–Kier alpha value is -2.69. The molecule has 2 unspecified atom stereocenters. The van der Waals surface area contributed by atoms with Gasteiger partial charge >= 0.3 is 0 Å². The molecule has 314 valence electrons. The minimum atomic E-state index is -0.864. The molecule has 0 bridgehead atoms. The largest absolute Gasteiger partial charge is 0.394 e. The first-order chi connectivity index (χ1) is 27.2. The summed E-state index contributed by atoms with van der Waals surface area (Å²) in [5.74, 6) is -0.0811. The van der Waals surface area contributed by atoms with E-state index in [0.29, 0.717) is 6.42 Å². The number of aliphatic hydroxyl groups excluding tert-OH is 2. The van der Waals surface area contributed by atoms with Crippen LogP contribution in [-0.2, 0) is 4.79 Å². The SMILES string of the molecule is CC/C=C\C/C=C\C/C=C\C/C=C\C/C=C\C/C=C\CCCCCCCCCCCCCCCCC(=O)NC(CO)C(O)/C=C/CC/C=C/CCCCCC. The zero-order chi connectivity index (χ0) is 40.0. The van der Waals surface area contributed by atoms with Gasteiger partial charge in [-0.3, -0.25) is 4.79 Å². The van der Waals surface area contributed by atoms with Gasteiger partial charge in [0, 0.05) is 6.42 Å². The summed E-state index contributed by atoms with van der Waals surface area (Å²) in [6, 6.07) is -0.642. The fourth-order valence-corrected chi connectivity index (χ4v) is 6.31. The highest BCUT2D eigenvalue weighted by atomic mass is 16.3. The van der Waals surface area contributed by atoms with Gasteiger partial charge < -0.3 is 15.5 Å². The maximum atomic E-state index is 12.4. The number of aliphatic hydroxyl groups is 2. The van der Waals surface area contributed by atoms with Crippen molar-refractivity contribution < 1.29 is 15.0 Å². The van der Waals surface area contributed by atoms with Gasteiger partial charge in [0.15, 0.2) is 0 Å². The second kappa shape index (κ2) is 45.7. The highest BCUT2D eigenvalue weighted by Crippen LogP contribution is 2.14. The number of unbranched alkanes of at least 4 members (excludes halogenated alkanes) is 19. The lowest BCUT2D eigenvalue weighted by Gasteiger charge is -2.19. The molecule has 2 atom stereocenters. The molecular formula is C51H87NO3. The van der Waals surface area contributed by atoms with E-state index in [4.69, 9.17) is 0 Å². The van der Waals surface area contributed by atoms with Crippen molar-refractivity contribution in [3.05, 3.63) is 97.2 Å². The summed E-state index contributed by atoms with van der Waals surface area (Å²) in [5.41, 5.74) is 0. The van der Waals surface area contributed by atoms with E-state index in [0.717, 1.165) is 70.6 Å². The van der Waals surface area contributed by atoms with Gasteiger partial charge in [-0.15, -0.1) is 0 Å². The van der Waals surface area contributed by atoms with Crippen LogP contribution in [0.1, 0.15) is 200 Å². The molecule has 0 aliphatic heterocycles. The molecule has 0 heterocycles. The van der Waals surface area contributed by atoms with E-state index in [1.54, 1.807) is 6.08 Å². The van der Waals surface area contributed by atoms with Crippen LogP contribution in [0.5, 0.6) is 0 Å². The zero-order valence-electron chi connectivity index (χ0n) is 35.9. The third-order valence-corrected chi connectivity index (χ3v) is 9.80. The van der Waals surface area contributed by atoms with Crippen molar-refractivity contribution >= 4 is 5.91 Å². The Bertz CT molecular complexity index is 1050. The summed E-state index contributed by atoms with van der Waals surface area (Å²) >= 11 is 0. The van der Waals surface area contributed by atoms with Crippen LogP contribution < -0.4 is 5.32 Å². The number of hydrogen-bond acceptors (Lipinski definition) is 3. The molecule has 0 saturated heterocycles. The topological polar surface area (TPSA) is 69.6 Å². The van der Waals surface area contributed by atoms with Crippen LogP contribution >= 0.6 is 0 Å². The second-order valence-electron chi connectivity index (χ2n) is 15.1. The molecule has 0 radical (unpaired) electrons. The van der Waals surface area contributed by atoms with Crippen molar-refractivity contribution in [1.29, 1.82) is 0 Å². The van der Waals surface area contributed by atoms with Crippen LogP contribution in [0.3, 0.4) is 0 Å². The summed E-state index contributed by atoms with van der Waals surface area (Å²) in [6.07, 6.45) is 68.2. The molecule has 4 heteroatoms. The van der Waals surface area contributed by atoms with Gasteiger partial charge in [-0.25, -0.2) is 0 Å². The van der Waals surface area contributed by atoms with Gasteiger partial charge in [-0.1, -0.05) is 207 Å². The van der Waals surface area contributed by atoms with Crippen LogP contribution in [0.4, 0.5) is 0 Å². The van der Waals surface area contributed by atoms with Gasteiger partial charge in [-0.05, 0) is 83.5 Å². The summed E-state index contributed by atoms with van der Waals surface area (Å²) in [7, 11) is 0. The predicted octanol–water partition coefficient (Wildman–Crippen LogP) is 14.6. The van der Waals surface area contributed by atoms with E-state index in [9.17, 15) is 15.0 Å². The van der Waals surface area contributed by atoms with E-state index in [1.165, 1.54) is 109 Å². The maximum Gasteiger partial charge on any atom is 0.220 e. The number of nitrogens with one attached hydrogen (secondary N) is 1. The zero-order valence-corrected chi connectivity index (χ0v) is 35.9. The summed E-state index contributed by atoms with van der Waals surface area (Å²) in [6.45, 7) is 4.13. The molecule has 0 rings (SSSR count). The Kier molecular flexibility index (Phi) is 43.5. The van der Waals surface area contributed by atoms with E-state index < -0.39 is 12.1 Å². The van der Waals surface area contributed by atoms with Crippen LogP contribution in [0, 0.1) is 0 Å². The van der Waals surface area contributed by atoms with Gasteiger partial charge in [-0.2, -0.15) is 0 Å². The average Bonchev–Trinajstić information content (AvgIpc) is 3.19. The fraction of sp³-hybridized carbons (Fsp3) is 0.667. The Labute approximate surface area is 341 Å². The molecule has 0 aromatic rings. The highest BCUT2D eigenvalue weighted by Gasteiger charge is 2.17.